The van der Waals surface area contributed by atoms with Gasteiger partial charge in [0.05, 0.1) is 33.0 Å². The molecule has 0 unspecified atom stereocenters. The molecule has 286 valence electrons. The first-order valence-corrected chi connectivity index (χ1v) is 18.2. The van der Waals surface area contributed by atoms with Crippen LogP contribution in [-0.4, -0.2) is 55.0 Å². The van der Waals surface area contributed by atoms with Crippen LogP contribution in [0.3, 0.4) is 0 Å². The minimum atomic E-state index is -0.956. The van der Waals surface area contributed by atoms with Crippen LogP contribution in [0.15, 0.2) is 121 Å². The second-order valence-electron chi connectivity index (χ2n) is 14.2. The molecule has 0 aromatic heterocycles. The van der Waals surface area contributed by atoms with E-state index in [0.29, 0.717) is 6.61 Å². The highest BCUT2D eigenvalue weighted by molar-refractivity contribution is 5.82. The highest BCUT2D eigenvalue weighted by atomic mass is 16.7. The van der Waals surface area contributed by atoms with E-state index >= 15 is 0 Å². The van der Waals surface area contributed by atoms with Crippen molar-refractivity contribution in [2.75, 3.05) is 6.61 Å². The van der Waals surface area contributed by atoms with Crippen LogP contribution in [0.4, 0.5) is 0 Å². The summed E-state index contributed by atoms with van der Waals surface area (Å²) < 4.78 is 32.9. The van der Waals surface area contributed by atoms with E-state index in [0.717, 1.165) is 22.3 Å². The highest BCUT2D eigenvalue weighted by Gasteiger charge is 2.49. The summed E-state index contributed by atoms with van der Waals surface area (Å²) in [6.07, 6.45) is -3.05. The van der Waals surface area contributed by atoms with E-state index in [1.807, 2.05) is 135 Å². The summed E-state index contributed by atoms with van der Waals surface area (Å²) in [5, 5.41) is 3.17. The molecule has 0 saturated carbocycles. The maximum Gasteiger partial charge on any atom is 0.238 e. The van der Waals surface area contributed by atoms with E-state index in [-0.39, 0.29) is 45.2 Å². The van der Waals surface area contributed by atoms with Crippen LogP contribution in [0, 0.1) is 5.41 Å². The average molecular weight is 738 g/mol. The Kier molecular flexibility index (Phi) is 15.3. The van der Waals surface area contributed by atoms with Crippen molar-refractivity contribution in [3.8, 4) is 0 Å². The van der Waals surface area contributed by atoms with Crippen LogP contribution in [-0.2, 0) is 64.5 Å². The van der Waals surface area contributed by atoms with Crippen molar-refractivity contribution < 1.29 is 38.1 Å². The summed E-state index contributed by atoms with van der Waals surface area (Å²) in [6, 6.07) is 38.4. The molecule has 1 heterocycles. The van der Waals surface area contributed by atoms with Gasteiger partial charge in [-0.1, -0.05) is 135 Å². The zero-order chi connectivity index (χ0) is 38.2. The lowest BCUT2D eigenvalue weighted by molar-refractivity contribution is -0.293. The molecule has 3 amide bonds. The lowest BCUT2D eigenvalue weighted by Gasteiger charge is -2.46. The maximum atomic E-state index is 14.0. The van der Waals surface area contributed by atoms with Crippen molar-refractivity contribution in [2.45, 2.75) is 90.7 Å². The first-order valence-electron chi connectivity index (χ1n) is 18.2. The average Bonchev–Trinajstić information content (AvgIpc) is 3.17. The first-order chi connectivity index (χ1) is 26.1. The molecule has 1 saturated heterocycles. The summed E-state index contributed by atoms with van der Waals surface area (Å²) in [6.45, 7) is 6.18. The predicted molar refractivity (Wildman–Crippen MR) is 203 cm³/mol. The fraction of sp³-hybridized carbons (Fsp3) is 0.372. The van der Waals surface area contributed by atoms with Gasteiger partial charge in [0.1, 0.15) is 24.4 Å². The molecule has 54 heavy (non-hydrogen) atoms. The van der Waals surface area contributed by atoms with E-state index in [4.69, 9.17) is 23.7 Å². The summed E-state index contributed by atoms with van der Waals surface area (Å²) >= 11 is 0. The molecule has 5 rings (SSSR count). The number of carbonyl (C=O) groups is 3. The summed E-state index contributed by atoms with van der Waals surface area (Å²) in [5.74, 6) is -1.14. The molecule has 1 aliphatic heterocycles. The number of carbonyl (C=O) groups excluding carboxylic acids is 3. The smallest absolute Gasteiger partial charge is 0.238 e. The second kappa shape index (κ2) is 20.5. The molecule has 1 fully saturated rings. The number of amides is 3. The molecule has 0 radical (unpaired) electrons. The SMILES string of the molecule is CC(=O)NNC(=O)CC(C)(C)CC(=O)N[C@H]1[C@H](OCc2ccccc2)O[C@H](COCc2ccccc2)[C@@H](OCc2ccccc2)[C@@H]1OCc1ccccc1. The highest BCUT2D eigenvalue weighted by Crippen LogP contribution is 2.31. The van der Waals surface area contributed by atoms with Crippen molar-refractivity contribution in [3.63, 3.8) is 0 Å². The Morgan fingerprint density at radius 3 is 1.54 bits per heavy atom. The van der Waals surface area contributed by atoms with Crippen molar-refractivity contribution in [2.24, 2.45) is 5.41 Å². The van der Waals surface area contributed by atoms with Crippen LogP contribution in [0.1, 0.15) is 55.9 Å². The third-order valence-corrected chi connectivity index (χ3v) is 8.85. The topological polar surface area (TPSA) is 133 Å². The molecule has 3 N–H and O–H groups in total. The number of hydrogen-bond donors (Lipinski definition) is 3. The quantitative estimate of drug-likeness (QED) is 0.110. The molecule has 0 spiro atoms. The fourth-order valence-corrected chi connectivity index (χ4v) is 6.26. The van der Waals surface area contributed by atoms with Crippen LogP contribution in [0.5, 0.6) is 0 Å². The number of nitrogens with one attached hydrogen (secondary N) is 3. The van der Waals surface area contributed by atoms with Gasteiger partial charge in [-0.05, 0) is 27.7 Å². The number of hydrogen-bond acceptors (Lipinski definition) is 8. The van der Waals surface area contributed by atoms with Crippen molar-refractivity contribution in [1.29, 1.82) is 0 Å². The van der Waals surface area contributed by atoms with Gasteiger partial charge in [0, 0.05) is 19.8 Å². The fourth-order valence-electron chi connectivity index (χ4n) is 6.26. The van der Waals surface area contributed by atoms with E-state index in [2.05, 4.69) is 16.2 Å². The van der Waals surface area contributed by atoms with Gasteiger partial charge in [-0.2, -0.15) is 0 Å². The first kappa shape index (κ1) is 40.3. The summed E-state index contributed by atoms with van der Waals surface area (Å²) in [7, 11) is 0. The van der Waals surface area contributed by atoms with Crippen LogP contribution in [0.25, 0.3) is 0 Å². The largest absolute Gasteiger partial charge is 0.374 e. The molecule has 1 aliphatic rings. The summed E-state index contributed by atoms with van der Waals surface area (Å²) in [4.78, 5) is 37.9. The molecule has 0 aliphatic carbocycles. The monoisotopic (exact) mass is 737 g/mol. The van der Waals surface area contributed by atoms with Gasteiger partial charge in [0.15, 0.2) is 6.29 Å². The number of hydrazine groups is 1. The third-order valence-electron chi connectivity index (χ3n) is 8.85. The minimum absolute atomic E-state index is 0.00657. The molecule has 11 heteroatoms. The van der Waals surface area contributed by atoms with E-state index in [1.54, 1.807) is 0 Å². The molecule has 4 aromatic rings. The molecular formula is C43H51N3O8. The Labute approximate surface area is 317 Å². The van der Waals surface area contributed by atoms with E-state index in [1.165, 1.54) is 6.92 Å². The number of benzene rings is 4. The molecule has 5 atom stereocenters. The second-order valence-corrected chi connectivity index (χ2v) is 14.2. The Bertz CT molecular complexity index is 1730. The molecule has 11 nitrogen and oxygen atoms in total. The Morgan fingerprint density at radius 2 is 1.04 bits per heavy atom. The standard InChI is InChI=1S/C43H51N3O8/c1-31(47)45-46-38(49)25-43(2,3)24-37(48)44-39-41(52-28-34-20-12-6-13-21-34)40(51-27-33-18-10-5-11-19-33)36(30-50-26-32-16-8-4-9-17-32)54-42(39)53-29-35-22-14-7-15-23-35/h4-23,36,39-42H,24-30H2,1-3H3,(H,44,48)(H,45,47)(H,46,49)/t36-,39-,40-,41-,42-/m1/s1. The number of ether oxygens (including phenoxy) is 5. The van der Waals surface area contributed by atoms with Crippen LogP contribution >= 0.6 is 0 Å². The van der Waals surface area contributed by atoms with E-state index in [9.17, 15) is 14.4 Å². The molecular weight excluding hydrogens is 686 g/mol. The van der Waals surface area contributed by atoms with Gasteiger partial charge in [0.25, 0.3) is 0 Å². The van der Waals surface area contributed by atoms with Gasteiger partial charge in [-0.25, -0.2) is 0 Å². The van der Waals surface area contributed by atoms with Crippen molar-refractivity contribution in [1.82, 2.24) is 16.2 Å². The predicted octanol–water partition coefficient (Wildman–Crippen LogP) is 5.77. The van der Waals surface area contributed by atoms with E-state index < -0.39 is 47.9 Å². The number of rotatable bonds is 18. The lowest BCUT2D eigenvalue weighted by atomic mass is 9.84. The normalized spacial score (nSPS) is 19.8. The molecule has 4 aromatic carbocycles. The minimum Gasteiger partial charge on any atom is -0.374 e. The van der Waals surface area contributed by atoms with Gasteiger partial charge >= 0.3 is 0 Å². The van der Waals surface area contributed by atoms with Crippen molar-refractivity contribution in [3.05, 3.63) is 144 Å². The molecule has 0 bridgehead atoms. The van der Waals surface area contributed by atoms with Crippen LogP contribution in [0.2, 0.25) is 0 Å². The van der Waals surface area contributed by atoms with Gasteiger partial charge in [-0.15, -0.1) is 0 Å². The summed E-state index contributed by atoms with van der Waals surface area (Å²) in [5.41, 5.74) is 7.77. The van der Waals surface area contributed by atoms with Gasteiger partial charge in [0.2, 0.25) is 17.7 Å². The lowest BCUT2D eigenvalue weighted by Crippen LogP contribution is -2.66. The third kappa shape index (κ3) is 13.2. The van der Waals surface area contributed by atoms with Gasteiger partial charge in [-0.3, -0.25) is 25.2 Å². The Morgan fingerprint density at radius 1 is 0.593 bits per heavy atom. The Hall–Kier alpha value is -4.91. The Balaban J connectivity index is 1.44. The van der Waals surface area contributed by atoms with Crippen LogP contribution < -0.4 is 16.2 Å². The maximum absolute atomic E-state index is 14.0. The zero-order valence-electron chi connectivity index (χ0n) is 31.1. The zero-order valence-corrected chi connectivity index (χ0v) is 31.1. The van der Waals surface area contributed by atoms with Crippen molar-refractivity contribution >= 4 is 17.7 Å². The van der Waals surface area contributed by atoms with Gasteiger partial charge < -0.3 is 29.0 Å².